The maximum Gasteiger partial charge on any atom is 0.413 e. The number of benzene rings is 1. The number of thioether (sulfide) groups is 1. The number of aromatic nitrogens is 2. The van der Waals surface area contributed by atoms with Gasteiger partial charge in [0.15, 0.2) is 0 Å². The first-order valence-corrected chi connectivity index (χ1v) is 9.43. The van der Waals surface area contributed by atoms with Crippen LogP contribution in [0.5, 0.6) is 0 Å². The van der Waals surface area contributed by atoms with Crippen molar-refractivity contribution < 1.29 is 19.1 Å². The molecule has 1 aromatic heterocycles. The van der Waals surface area contributed by atoms with E-state index in [0.717, 1.165) is 0 Å². The molecule has 3 N–H and O–H groups in total. The van der Waals surface area contributed by atoms with Gasteiger partial charge in [-0.25, -0.2) is 9.59 Å². The number of hydrogen-bond donors (Lipinski definition) is 3. The second kappa shape index (κ2) is 8.21. The second-order valence-electron chi connectivity index (χ2n) is 5.81. The summed E-state index contributed by atoms with van der Waals surface area (Å²) in [6.45, 7) is 1.79. The molecule has 3 amide bonds. The molecule has 1 aliphatic rings. The monoisotopic (exact) mass is 390 g/mol. The summed E-state index contributed by atoms with van der Waals surface area (Å²) in [5.41, 5.74) is -0.140. The SMILES string of the molecule is CCOC(=O)NC(=O)C1CCSC1NC(=O)c1nc(=O)[nH]c2ccccc12. The second-order valence-corrected chi connectivity index (χ2v) is 7.06. The van der Waals surface area contributed by atoms with Crippen LogP contribution in [0.2, 0.25) is 0 Å². The zero-order valence-corrected chi connectivity index (χ0v) is 15.3. The first kappa shape index (κ1) is 18.9. The molecule has 0 aliphatic carbocycles. The van der Waals surface area contributed by atoms with Gasteiger partial charge in [-0.2, -0.15) is 4.98 Å². The van der Waals surface area contributed by atoms with Gasteiger partial charge >= 0.3 is 11.8 Å². The van der Waals surface area contributed by atoms with E-state index >= 15 is 0 Å². The minimum Gasteiger partial charge on any atom is -0.450 e. The van der Waals surface area contributed by atoms with Gasteiger partial charge in [0.05, 0.1) is 23.4 Å². The molecule has 2 atom stereocenters. The zero-order chi connectivity index (χ0) is 19.4. The van der Waals surface area contributed by atoms with Crippen LogP contribution >= 0.6 is 11.8 Å². The van der Waals surface area contributed by atoms with Crippen LogP contribution in [0.4, 0.5) is 4.79 Å². The summed E-state index contributed by atoms with van der Waals surface area (Å²) >= 11 is 1.39. The summed E-state index contributed by atoms with van der Waals surface area (Å²) in [4.78, 5) is 54.5. The number of nitrogens with zero attached hydrogens (tertiary/aromatic N) is 1. The summed E-state index contributed by atoms with van der Waals surface area (Å²) in [6, 6.07) is 6.83. The zero-order valence-electron chi connectivity index (χ0n) is 14.5. The summed E-state index contributed by atoms with van der Waals surface area (Å²) in [5, 5.41) is 4.89. The Balaban J connectivity index is 1.76. The Bertz CT molecular complexity index is 944. The highest BCUT2D eigenvalue weighted by Gasteiger charge is 2.36. The maximum absolute atomic E-state index is 12.7. The van der Waals surface area contributed by atoms with Gasteiger partial charge in [-0.15, -0.1) is 11.8 Å². The van der Waals surface area contributed by atoms with Crippen LogP contribution in [0.1, 0.15) is 23.8 Å². The van der Waals surface area contributed by atoms with Gasteiger partial charge in [0.25, 0.3) is 5.91 Å². The molecule has 1 aliphatic heterocycles. The van der Waals surface area contributed by atoms with Crippen molar-refractivity contribution in [1.82, 2.24) is 20.6 Å². The van der Waals surface area contributed by atoms with E-state index in [4.69, 9.17) is 4.74 Å². The van der Waals surface area contributed by atoms with Crippen LogP contribution in [-0.4, -0.2) is 45.6 Å². The molecule has 142 valence electrons. The number of rotatable bonds is 4. The third-order valence-electron chi connectivity index (χ3n) is 4.05. The largest absolute Gasteiger partial charge is 0.450 e. The van der Waals surface area contributed by atoms with Crippen LogP contribution < -0.4 is 16.3 Å². The third-order valence-corrected chi connectivity index (χ3v) is 5.33. The average Bonchev–Trinajstić information content (AvgIpc) is 3.09. The number of para-hydroxylation sites is 1. The number of H-pyrrole nitrogens is 1. The minimum atomic E-state index is -0.813. The average molecular weight is 390 g/mol. The fourth-order valence-corrected chi connectivity index (χ4v) is 4.16. The maximum atomic E-state index is 12.7. The van der Waals surface area contributed by atoms with Crippen molar-refractivity contribution in [3.8, 4) is 0 Å². The Hall–Kier alpha value is -2.88. The minimum absolute atomic E-state index is 0.00796. The van der Waals surface area contributed by atoms with Gasteiger partial charge in [0.2, 0.25) is 5.91 Å². The van der Waals surface area contributed by atoms with E-state index in [9.17, 15) is 19.2 Å². The van der Waals surface area contributed by atoms with E-state index < -0.39 is 34.9 Å². The molecule has 2 heterocycles. The van der Waals surface area contributed by atoms with Gasteiger partial charge in [-0.05, 0) is 25.2 Å². The molecule has 2 unspecified atom stereocenters. The molecule has 1 aromatic carbocycles. The number of nitrogens with one attached hydrogen (secondary N) is 3. The molecule has 3 rings (SSSR count). The number of amides is 3. The first-order valence-electron chi connectivity index (χ1n) is 8.38. The fourth-order valence-electron chi connectivity index (χ4n) is 2.84. The number of imide groups is 1. The highest BCUT2D eigenvalue weighted by Crippen LogP contribution is 2.31. The Morgan fingerprint density at radius 2 is 2.11 bits per heavy atom. The number of fused-ring (bicyclic) bond motifs is 1. The molecule has 2 aromatic rings. The lowest BCUT2D eigenvalue weighted by Gasteiger charge is -2.19. The van der Waals surface area contributed by atoms with Crippen LogP contribution in [0.3, 0.4) is 0 Å². The molecule has 0 bridgehead atoms. The fraction of sp³-hybridized carbons (Fsp3) is 0.353. The highest BCUT2D eigenvalue weighted by molar-refractivity contribution is 8.00. The molecule has 10 heteroatoms. The van der Waals surface area contributed by atoms with E-state index in [-0.39, 0.29) is 12.3 Å². The van der Waals surface area contributed by atoms with Crippen LogP contribution in [-0.2, 0) is 9.53 Å². The lowest BCUT2D eigenvalue weighted by Crippen LogP contribution is -2.45. The Labute approximate surface area is 158 Å². The Kier molecular flexibility index (Phi) is 5.75. The predicted octanol–water partition coefficient (Wildman–Crippen LogP) is 1.00. The van der Waals surface area contributed by atoms with Gasteiger partial charge < -0.3 is 15.0 Å². The van der Waals surface area contributed by atoms with Crippen molar-refractivity contribution in [3.05, 3.63) is 40.4 Å². The molecule has 9 nitrogen and oxygen atoms in total. The lowest BCUT2D eigenvalue weighted by molar-refractivity contribution is -0.124. The van der Waals surface area contributed by atoms with Crippen LogP contribution in [0.25, 0.3) is 10.9 Å². The van der Waals surface area contributed by atoms with Crippen molar-refractivity contribution in [3.63, 3.8) is 0 Å². The summed E-state index contributed by atoms with van der Waals surface area (Å²) < 4.78 is 4.71. The molecule has 0 spiro atoms. The van der Waals surface area contributed by atoms with Crippen molar-refractivity contribution in [2.24, 2.45) is 5.92 Å². The van der Waals surface area contributed by atoms with Gasteiger partial charge in [-0.3, -0.25) is 14.9 Å². The molecule has 1 saturated heterocycles. The molecular weight excluding hydrogens is 372 g/mol. The quantitative estimate of drug-likeness (QED) is 0.710. The van der Waals surface area contributed by atoms with Crippen molar-refractivity contribution >= 4 is 40.6 Å². The normalized spacial score (nSPS) is 18.9. The van der Waals surface area contributed by atoms with Gasteiger partial charge in [0.1, 0.15) is 5.69 Å². The van der Waals surface area contributed by atoms with Gasteiger partial charge in [0, 0.05) is 5.39 Å². The molecule has 1 fully saturated rings. The van der Waals surface area contributed by atoms with E-state index in [1.54, 1.807) is 31.2 Å². The summed E-state index contributed by atoms with van der Waals surface area (Å²) in [6.07, 6.45) is -0.309. The van der Waals surface area contributed by atoms with E-state index in [1.807, 2.05) is 0 Å². The molecular formula is C17H18N4O5S. The van der Waals surface area contributed by atoms with Crippen molar-refractivity contribution in [2.45, 2.75) is 18.7 Å². The van der Waals surface area contributed by atoms with Crippen molar-refractivity contribution in [2.75, 3.05) is 12.4 Å². The number of carbonyl (C=O) groups excluding carboxylic acids is 3. The molecule has 27 heavy (non-hydrogen) atoms. The Morgan fingerprint density at radius 3 is 2.89 bits per heavy atom. The predicted molar refractivity (Wildman–Crippen MR) is 99.3 cm³/mol. The summed E-state index contributed by atoms with van der Waals surface area (Å²) in [5.74, 6) is -0.996. The first-order chi connectivity index (χ1) is 13.0. The number of alkyl carbamates (subject to hydrolysis) is 1. The standard InChI is InChI=1S/C17H18N4O5S/c1-2-26-17(25)21-13(22)10-7-8-27-15(10)20-14(23)12-9-5-3-4-6-11(9)18-16(24)19-12/h3-6,10,15H,2,7-8H2,1H3,(H,20,23)(H,18,19,24)(H,21,22,25). The van der Waals surface area contributed by atoms with Crippen LogP contribution in [0, 0.1) is 5.92 Å². The smallest absolute Gasteiger partial charge is 0.413 e. The number of ether oxygens (including phenoxy) is 1. The van der Waals surface area contributed by atoms with E-state index in [1.165, 1.54) is 11.8 Å². The Morgan fingerprint density at radius 1 is 1.33 bits per heavy atom. The van der Waals surface area contributed by atoms with Crippen molar-refractivity contribution in [1.29, 1.82) is 0 Å². The van der Waals surface area contributed by atoms with Gasteiger partial charge in [-0.1, -0.05) is 18.2 Å². The molecule has 0 radical (unpaired) electrons. The molecule has 0 saturated carbocycles. The third kappa shape index (κ3) is 4.27. The summed E-state index contributed by atoms with van der Waals surface area (Å²) in [7, 11) is 0. The topological polar surface area (TPSA) is 130 Å². The number of carbonyl (C=O) groups is 3. The number of aromatic amines is 1. The van der Waals surface area contributed by atoms with E-state index in [0.29, 0.717) is 23.1 Å². The lowest BCUT2D eigenvalue weighted by atomic mass is 10.1. The van der Waals surface area contributed by atoms with Crippen LogP contribution in [0.15, 0.2) is 29.1 Å². The highest BCUT2D eigenvalue weighted by atomic mass is 32.2. The number of hydrogen-bond acceptors (Lipinski definition) is 7. The van der Waals surface area contributed by atoms with E-state index in [2.05, 4.69) is 20.6 Å².